The fraction of sp³-hybridized carbons (Fsp3) is 0.200. The fourth-order valence-corrected chi connectivity index (χ4v) is 1.66. The maximum absolute atomic E-state index is 5.99. The smallest absolute Gasteiger partial charge is 0.248 e. The summed E-state index contributed by atoms with van der Waals surface area (Å²) in [4.78, 5) is 8.14. The highest BCUT2D eigenvalue weighted by Crippen LogP contribution is 2.29. The SMILES string of the molecule is C=CCNc1ncnc(Oc2ccc(C)c(C)c2)c1N. The van der Waals surface area contributed by atoms with E-state index in [1.54, 1.807) is 6.08 Å². The summed E-state index contributed by atoms with van der Waals surface area (Å²) in [6.45, 7) is 8.29. The van der Waals surface area contributed by atoms with Crippen molar-refractivity contribution in [2.45, 2.75) is 13.8 Å². The molecule has 1 aromatic heterocycles. The first-order valence-electron chi connectivity index (χ1n) is 6.32. The molecular weight excluding hydrogens is 252 g/mol. The van der Waals surface area contributed by atoms with Crippen molar-refractivity contribution in [2.24, 2.45) is 0 Å². The summed E-state index contributed by atoms with van der Waals surface area (Å²) in [5.74, 6) is 1.58. The number of aryl methyl sites for hydroxylation is 2. The number of nitrogens with two attached hydrogens (primary N) is 1. The number of hydrogen-bond donors (Lipinski definition) is 2. The minimum atomic E-state index is 0.342. The predicted octanol–water partition coefficient (Wildman–Crippen LogP) is 3.07. The third kappa shape index (κ3) is 3.06. The molecule has 0 fully saturated rings. The van der Waals surface area contributed by atoms with Gasteiger partial charge in [0.1, 0.15) is 17.8 Å². The highest BCUT2D eigenvalue weighted by molar-refractivity contribution is 5.67. The Morgan fingerprint density at radius 3 is 2.80 bits per heavy atom. The topological polar surface area (TPSA) is 73.1 Å². The van der Waals surface area contributed by atoms with E-state index in [9.17, 15) is 0 Å². The van der Waals surface area contributed by atoms with Crippen molar-refractivity contribution in [1.82, 2.24) is 9.97 Å². The molecule has 3 N–H and O–H groups in total. The Balaban J connectivity index is 2.24. The zero-order chi connectivity index (χ0) is 14.5. The van der Waals surface area contributed by atoms with Crippen LogP contribution in [-0.2, 0) is 0 Å². The van der Waals surface area contributed by atoms with Crippen LogP contribution < -0.4 is 15.8 Å². The molecule has 0 aliphatic carbocycles. The van der Waals surface area contributed by atoms with Crippen molar-refractivity contribution in [1.29, 1.82) is 0 Å². The number of nitrogen functional groups attached to an aromatic ring is 1. The first kappa shape index (κ1) is 13.9. The molecule has 0 aliphatic rings. The molecule has 0 saturated heterocycles. The van der Waals surface area contributed by atoms with Crippen LogP contribution in [-0.4, -0.2) is 16.5 Å². The highest BCUT2D eigenvalue weighted by atomic mass is 16.5. The molecule has 0 unspecified atom stereocenters. The number of ether oxygens (including phenoxy) is 1. The van der Waals surface area contributed by atoms with E-state index in [2.05, 4.69) is 28.8 Å². The molecule has 20 heavy (non-hydrogen) atoms. The molecule has 2 aromatic rings. The molecule has 0 amide bonds. The molecule has 0 atom stereocenters. The minimum absolute atomic E-state index is 0.342. The molecule has 5 heteroatoms. The van der Waals surface area contributed by atoms with E-state index in [-0.39, 0.29) is 0 Å². The van der Waals surface area contributed by atoms with Crippen molar-refractivity contribution >= 4 is 11.5 Å². The third-order valence-electron chi connectivity index (χ3n) is 2.95. The summed E-state index contributed by atoms with van der Waals surface area (Å²) in [6.07, 6.45) is 3.14. The van der Waals surface area contributed by atoms with Gasteiger partial charge in [-0.2, -0.15) is 4.98 Å². The van der Waals surface area contributed by atoms with Crippen LogP contribution in [0.1, 0.15) is 11.1 Å². The second-order valence-electron chi connectivity index (χ2n) is 4.46. The third-order valence-corrected chi connectivity index (χ3v) is 2.95. The predicted molar refractivity (Wildman–Crippen MR) is 81.1 cm³/mol. The van der Waals surface area contributed by atoms with Gasteiger partial charge < -0.3 is 15.8 Å². The molecule has 104 valence electrons. The molecule has 0 aliphatic heterocycles. The first-order chi connectivity index (χ1) is 9.61. The number of rotatable bonds is 5. The van der Waals surface area contributed by atoms with E-state index >= 15 is 0 Å². The average Bonchev–Trinajstić information content (AvgIpc) is 2.44. The lowest BCUT2D eigenvalue weighted by Crippen LogP contribution is -2.06. The van der Waals surface area contributed by atoms with Crippen molar-refractivity contribution in [2.75, 3.05) is 17.6 Å². The zero-order valence-electron chi connectivity index (χ0n) is 11.7. The molecule has 0 saturated carbocycles. The standard InChI is InChI=1S/C15H18N4O/c1-4-7-17-14-13(16)15(19-9-18-14)20-12-6-5-10(2)11(3)8-12/h4-6,8-9H,1,7,16H2,2-3H3,(H,17,18,19). The number of nitrogens with one attached hydrogen (secondary N) is 1. The van der Waals surface area contributed by atoms with E-state index in [4.69, 9.17) is 10.5 Å². The number of benzene rings is 1. The van der Waals surface area contributed by atoms with Gasteiger partial charge in [-0.05, 0) is 37.1 Å². The Morgan fingerprint density at radius 2 is 2.10 bits per heavy atom. The van der Waals surface area contributed by atoms with E-state index < -0.39 is 0 Å². The minimum Gasteiger partial charge on any atom is -0.437 e. The molecule has 2 rings (SSSR count). The maximum atomic E-state index is 5.99. The lowest BCUT2D eigenvalue weighted by Gasteiger charge is -2.11. The van der Waals surface area contributed by atoms with E-state index in [1.165, 1.54) is 11.9 Å². The van der Waals surface area contributed by atoms with Crippen LogP contribution in [0.4, 0.5) is 11.5 Å². The molecule has 5 nitrogen and oxygen atoms in total. The number of nitrogens with zero attached hydrogens (tertiary/aromatic N) is 2. The molecular formula is C15H18N4O. The lowest BCUT2D eigenvalue weighted by molar-refractivity contribution is 0.464. The molecule has 0 bridgehead atoms. The van der Waals surface area contributed by atoms with E-state index in [0.29, 0.717) is 29.7 Å². The van der Waals surface area contributed by atoms with Gasteiger partial charge in [0.15, 0.2) is 5.82 Å². The van der Waals surface area contributed by atoms with Gasteiger partial charge in [0.05, 0.1) is 0 Å². The Kier molecular flexibility index (Phi) is 4.20. The Hall–Kier alpha value is -2.56. The van der Waals surface area contributed by atoms with Crippen LogP contribution in [0.3, 0.4) is 0 Å². The maximum Gasteiger partial charge on any atom is 0.248 e. The van der Waals surface area contributed by atoms with Gasteiger partial charge in [-0.15, -0.1) is 6.58 Å². The van der Waals surface area contributed by atoms with Crippen LogP contribution in [0.5, 0.6) is 11.6 Å². The van der Waals surface area contributed by atoms with E-state index in [0.717, 1.165) is 5.56 Å². The summed E-state index contributed by atoms with van der Waals surface area (Å²) < 4.78 is 5.72. The zero-order valence-corrected chi connectivity index (χ0v) is 11.7. The van der Waals surface area contributed by atoms with E-state index in [1.807, 2.05) is 25.1 Å². The summed E-state index contributed by atoms with van der Waals surface area (Å²) in [7, 11) is 0. The molecule has 0 radical (unpaired) electrons. The van der Waals surface area contributed by atoms with Crippen LogP contribution in [0.15, 0.2) is 37.2 Å². The second kappa shape index (κ2) is 6.06. The molecule has 1 aromatic carbocycles. The van der Waals surface area contributed by atoms with Crippen molar-refractivity contribution in [3.8, 4) is 11.6 Å². The summed E-state index contributed by atoms with van der Waals surface area (Å²) >= 11 is 0. The quantitative estimate of drug-likeness (QED) is 0.817. The van der Waals surface area contributed by atoms with Gasteiger partial charge in [0, 0.05) is 6.54 Å². The van der Waals surface area contributed by atoms with Crippen LogP contribution in [0.25, 0.3) is 0 Å². The average molecular weight is 270 g/mol. The summed E-state index contributed by atoms with van der Waals surface area (Å²) in [5.41, 5.74) is 8.74. The lowest BCUT2D eigenvalue weighted by atomic mass is 10.1. The van der Waals surface area contributed by atoms with Crippen LogP contribution >= 0.6 is 0 Å². The Morgan fingerprint density at radius 1 is 1.30 bits per heavy atom. The van der Waals surface area contributed by atoms with Crippen molar-refractivity contribution in [3.63, 3.8) is 0 Å². The number of hydrogen-bond acceptors (Lipinski definition) is 5. The van der Waals surface area contributed by atoms with Crippen molar-refractivity contribution in [3.05, 3.63) is 48.3 Å². The van der Waals surface area contributed by atoms with Gasteiger partial charge in [-0.3, -0.25) is 0 Å². The molecule has 0 spiro atoms. The largest absolute Gasteiger partial charge is 0.437 e. The summed E-state index contributed by atoms with van der Waals surface area (Å²) in [5, 5.41) is 3.04. The first-order valence-corrected chi connectivity index (χ1v) is 6.32. The normalized spacial score (nSPS) is 10.1. The van der Waals surface area contributed by atoms with Crippen LogP contribution in [0, 0.1) is 13.8 Å². The number of aromatic nitrogens is 2. The fourth-order valence-electron chi connectivity index (χ4n) is 1.66. The van der Waals surface area contributed by atoms with Gasteiger partial charge >= 0.3 is 0 Å². The highest BCUT2D eigenvalue weighted by Gasteiger charge is 2.10. The van der Waals surface area contributed by atoms with Gasteiger partial charge in [-0.1, -0.05) is 12.1 Å². The molecule has 1 heterocycles. The van der Waals surface area contributed by atoms with Crippen LogP contribution in [0.2, 0.25) is 0 Å². The summed E-state index contributed by atoms with van der Waals surface area (Å²) in [6, 6.07) is 5.84. The number of anilines is 2. The second-order valence-corrected chi connectivity index (χ2v) is 4.46. The van der Waals surface area contributed by atoms with Gasteiger partial charge in [0.25, 0.3) is 0 Å². The van der Waals surface area contributed by atoms with Gasteiger partial charge in [-0.25, -0.2) is 4.98 Å². The van der Waals surface area contributed by atoms with Crippen molar-refractivity contribution < 1.29 is 4.74 Å². The Labute approximate surface area is 118 Å². The monoisotopic (exact) mass is 270 g/mol. The Bertz CT molecular complexity index is 625. The van der Waals surface area contributed by atoms with Gasteiger partial charge in [0.2, 0.25) is 5.88 Å².